The Morgan fingerprint density at radius 3 is 2.33 bits per heavy atom. The maximum atomic E-state index is 13.5. The zero-order valence-electron chi connectivity index (χ0n) is 18.5. The summed E-state index contributed by atoms with van der Waals surface area (Å²) in [6.07, 6.45) is 0.931. The Balaban J connectivity index is 1.86. The van der Waals surface area contributed by atoms with E-state index in [1.54, 1.807) is 30.0 Å². The van der Waals surface area contributed by atoms with Crippen LogP contribution < -0.4 is 4.31 Å². The van der Waals surface area contributed by atoms with Crippen LogP contribution in [0.3, 0.4) is 0 Å². The number of nitrogens with zero attached hydrogens (tertiary/aromatic N) is 2. The van der Waals surface area contributed by atoms with Crippen molar-refractivity contribution in [3.63, 3.8) is 0 Å². The SMILES string of the molecule is CCOC(=O)C1CCN(C(=O)CN(c2cc(Cl)ccc2Cl)S(=O)(=O)c2ccc(C)cc2)CC1. The molecule has 0 aromatic heterocycles. The van der Waals surface area contributed by atoms with Gasteiger partial charge in [0.2, 0.25) is 5.91 Å². The molecule has 1 aliphatic heterocycles. The third kappa shape index (κ3) is 5.99. The first kappa shape index (κ1) is 25.3. The monoisotopic (exact) mass is 512 g/mol. The van der Waals surface area contributed by atoms with Crippen LogP contribution in [0.15, 0.2) is 47.4 Å². The van der Waals surface area contributed by atoms with E-state index < -0.39 is 16.6 Å². The summed E-state index contributed by atoms with van der Waals surface area (Å²) in [5.74, 6) is -0.910. The standard InChI is InChI=1S/C23H26Cl2N2O5S/c1-3-32-23(29)17-10-12-26(13-11-17)22(28)15-27(21-14-18(24)6-9-20(21)25)33(30,31)19-7-4-16(2)5-8-19/h4-9,14,17H,3,10-13,15H2,1-2H3. The van der Waals surface area contributed by atoms with E-state index in [9.17, 15) is 18.0 Å². The Hall–Kier alpha value is -2.29. The van der Waals surface area contributed by atoms with Crippen molar-refractivity contribution in [1.29, 1.82) is 0 Å². The zero-order chi connectivity index (χ0) is 24.2. The average Bonchev–Trinajstić information content (AvgIpc) is 2.79. The molecule has 2 aromatic carbocycles. The van der Waals surface area contributed by atoms with Crippen molar-refractivity contribution in [3.05, 3.63) is 58.1 Å². The second kappa shape index (κ2) is 10.8. The van der Waals surface area contributed by atoms with Crippen LogP contribution in [-0.2, 0) is 24.3 Å². The molecule has 178 valence electrons. The predicted molar refractivity (Wildman–Crippen MR) is 128 cm³/mol. The number of esters is 1. The fourth-order valence-corrected chi connectivity index (χ4v) is 5.52. The smallest absolute Gasteiger partial charge is 0.309 e. The van der Waals surface area contributed by atoms with E-state index in [0.29, 0.717) is 37.6 Å². The molecule has 0 N–H and O–H groups in total. The molecule has 1 saturated heterocycles. The van der Waals surface area contributed by atoms with Gasteiger partial charge in [0.25, 0.3) is 10.0 Å². The number of likely N-dealkylation sites (tertiary alicyclic amines) is 1. The highest BCUT2D eigenvalue weighted by Crippen LogP contribution is 2.33. The summed E-state index contributed by atoms with van der Waals surface area (Å²) < 4.78 is 33.1. The first-order valence-corrected chi connectivity index (χ1v) is 12.8. The Morgan fingerprint density at radius 1 is 1.09 bits per heavy atom. The van der Waals surface area contributed by atoms with Gasteiger partial charge in [-0.3, -0.25) is 13.9 Å². The molecule has 0 aliphatic carbocycles. The molecule has 1 fully saturated rings. The number of hydrogen-bond acceptors (Lipinski definition) is 5. The van der Waals surface area contributed by atoms with Gasteiger partial charge in [0.15, 0.2) is 0 Å². The minimum atomic E-state index is -4.11. The lowest BCUT2D eigenvalue weighted by Gasteiger charge is -2.33. The fraction of sp³-hybridized carbons (Fsp3) is 0.391. The number of piperidine rings is 1. The highest BCUT2D eigenvalue weighted by Gasteiger charge is 2.33. The Labute approximate surface area is 204 Å². The number of carbonyl (C=O) groups is 2. The first-order chi connectivity index (χ1) is 15.6. The third-order valence-electron chi connectivity index (χ3n) is 5.53. The van der Waals surface area contributed by atoms with Gasteiger partial charge in [-0.05, 0) is 57.0 Å². The fourth-order valence-electron chi connectivity index (χ4n) is 3.66. The van der Waals surface area contributed by atoms with Crippen LogP contribution in [-0.4, -0.2) is 51.4 Å². The summed E-state index contributed by atoms with van der Waals surface area (Å²) in [6, 6.07) is 10.8. The van der Waals surface area contributed by atoms with Crippen LogP contribution >= 0.6 is 23.2 Å². The van der Waals surface area contributed by atoms with Crippen LogP contribution in [0.2, 0.25) is 10.0 Å². The number of hydrogen-bond donors (Lipinski definition) is 0. The number of anilines is 1. The lowest BCUT2D eigenvalue weighted by molar-refractivity contribution is -0.151. The maximum absolute atomic E-state index is 13.5. The van der Waals surface area contributed by atoms with Gasteiger partial charge in [-0.25, -0.2) is 8.42 Å². The molecule has 1 amide bonds. The normalized spacial score (nSPS) is 14.7. The molecule has 2 aromatic rings. The van der Waals surface area contributed by atoms with E-state index in [0.717, 1.165) is 9.87 Å². The topological polar surface area (TPSA) is 84.0 Å². The number of sulfonamides is 1. The number of carbonyl (C=O) groups excluding carboxylic acids is 2. The largest absolute Gasteiger partial charge is 0.466 e. The number of halogens is 2. The second-order valence-corrected chi connectivity index (χ2v) is 10.5. The minimum absolute atomic E-state index is 0.0398. The lowest BCUT2D eigenvalue weighted by atomic mass is 9.97. The van der Waals surface area contributed by atoms with E-state index in [1.165, 1.54) is 24.3 Å². The summed E-state index contributed by atoms with van der Waals surface area (Å²) in [6.45, 7) is 4.14. The molecule has 0 unspecified atom stereocenters. The molecule has 0 saturated carbocycles. The van der Waals surface area contributed by atoms with Gasteiger partial charge in [-0.15, -0.1) is 0 Å². The van der Waals surface area contributed by atoms with E-state index in [-0.39, 0.29) is 33.4 Å². The van der Waals surface area contributed by atoms with Crippen molar-refractivity contribution in [3.8, 4) is 0 Å². The van der Waals surface area contributed by atoms with E-state index in [4.69, 9.17) is 27.9 Å². The Kier molecular flexibility index (Phi) is 8.26. The molecular weight excluding hydrogens is 487 g/mol. The Morgan fingerprint density at radius 2 is 1.73 bits per heavy atom. The zero-order valence-corrected chi connectivity index (χ0v) is 20.8. The molecule has 33 heavy (non-hydrogen) atoms. The second-order valence-electron chi connectivity index (χ2n) is 7.83. The number of aryl methyl sites for hydroxylation is 1. The van der Waals surface area contributed by atoms with Crippen LogP contribution in [0.1, 0.15) is 25.3 Å². The molecule has 7 nitrogen and oxygen atoms in total. The predicted octanol–water partition coefficient (Wildman–Crippen LogP) is 4.30. The summed E-state index contributed by atoms with van der Waals surface area (Å²) in [4.78, 5) is 26.7. The first-order valence-electron chi connectivity index (χ1n) is 10.6. The number of benzene rings is 2. The summed E-state index contributed by atoms with van der Waals surface area (Å²) in [7, 11) is -4.11. The van der Waals surface area contributed by atoms with Gasteiger partial charge in [-0.1, -0.05) is 40.9 Å². The van der Waals surface area contributed by atoms with Crippen molar-refractivity contribution < 1.29 is 22.7 Å². The van der Waals surface area contributed by atoms with Crippen LogP contribution in [0.25, 0.3) is 0 Å². The molecule has 1 aliphatic rings. The molecule has 0 spiro atoms. The van der Waals surface area contributed by atoms with Gasteiger partial charge in [0, 0.05) is 18.1 Å². The van der Waals surface area contributed by atoms with Crippen LogP contribution in [0.4, 0.5) is 5.69 Å². The average molecular weight is 513 g/mol. The summed E-state index contributed by atoms with van der Waals surface area (Å²) in [5, 5.41) is 0.449. The molecule has 10 heteroatoms. The van der Waals surface area contributed by atoms with E-state index in [2.05, 4.69) is 0 Å². The van der Waals surface area contributed by atoms with Crippen molar-refractivity contribution in [1.82, 2.24) is 4.90 Å². The van der Waals surface area contributed by atoms with Crippen LogP contribution in [0.5, 0.6) is 0 Å². The van der Waals surface area contributed by atoms with Crippen molar-refractivity contribution >= 4 is 50.8 Å². The van der Waals surface area contributed by atoms with Gasteiger partial charge in [-0.2, -0.15) is 0 Å². The molecule has 1 heterocycles. The number of ether oxygens (including phenoxy) is 1. The third-order valence-corrected chi connectivity index (χ3v) is 7.86. The quantitative estimate of drug-likeness (QED) is 0.516. The summed E-state index contributed by atoms with van der Waals surface area (Å²) >= 11 is 12.4. The maximum Gasteiger partial charge on any atom is 0.309 e. The van der Waals surface area contributed by atoms with E-state index in [1.807, 2.05) is 6.92 Å². The molecular formula is C23H26Cl2N2O5S. The highest BCUT2D eigenvalue weighted by atomic mass is 35.5. The summed E-state index contributed by atoms with van der Waals surface area (Å²) in [5.41, 5.74) is 1.03. The van der Waals surface area contributed by atoms with Gasteiger partial charge >= 0.3 is 5.97 Å². The molecule has 0 radical (unpaired) electrons. The molecule has 0 bridgehead atoms. The minimum Gasteiger partial charge on any atom is -0.466 e. The van der Waals surface area contributed by atoms with Crippen LogP contribution in [0, 0.1) is 12.8 Å². The van der Waals surface area contributed by atoms with Crippen molar-refractivity contribution in [2.75, 3.05) is 30.5 Å². The van der Waals surface area contributed by atoms with Gasteiger partial charge < -0.3 is 9.64 Å². The van der Waals surface area contributed by atoms with Gasteiger partial charge in [0.1, 0.15) is 6.54 Å². The van der Waals surface area contributed by atoms with Crippen molar-refractivity contribution in [2.24, 2.45) is 5.92 Å². The highest BCUT2D eigenvalue weighted by molar-refractivity contribution is 7.92. The molecule has 3 rings (SSSR count). The van der Waals surface area contributed by atoms with Crippen molar-refractivity contribution in [2.45, 2.75) is 31.6 Å². The number of amides is 1. The lowest BCUT2D eigenvalue weighted by Crippen LogP contribution is -2.46. The Bertz CT molecular complexity index is 1110. The van der Waals surface area contributed by atoms with E-state index >= 15 is 0 Å². The molecule has 0 atom stereocenters. The number of rotatable bonds is 7. The van der Waals surface area contributed by atoms with Gasteiger partial charge in [0.05, 0.1) is 28.1 Å².